The van der Waals surface area contributed by atoms with Gasteiger partial charge in [0.05, 0.1) is 6.61 Å². The summed E-state index contributed by atoms with van der Waals surface area (Å²) in [4.78, 5) is 1.38. The first-order valence-electron chi connectivity index (χ1n) is 6.94. The highest BCUT2D eigenvalue weighted by Gasteiger charge is 2.17. The van der Waals surface area contributed by atoms with E-state index in [0.717, 1.165) is 30.0 Å². The third kappa shape index (κ3) is 4.99. The Bertz CT molecular complexity index is 394. The highest BCUT2D eigenvalue weighted by molar-refractivity contribution is 8.00. The van der Waals surface area contributed by atoms with Gasteiger partial charge < -0.3 is 10.1 Å². The van der Waals surface area contributed by atoms with Gasteiger partial charge in [-0.3, -0.25) is 0 Å². The molecule has 19 heavy (non-hydrogen) atoms. The van der Waals surface area contributed by atoms with Crippen molar-refractivity contribution in [3.8, 4) is 0 Å². The molecule has 0 unspecified atom stereocenters. The molecule has 2 rings (SSSR count). The first kappa shape index (κ1) is 15.2. The highest BCUT2D eigenvalue weighted by atomic mass is 35.5. The minimum Gasteiger partial charge on any atom is -0.383 e. The van der Waals surface area contributed by atoms with Crippen LogP contribution < -0.4 is 5.32 Å². The lowest BCUT2D eigenvalue weighted by molar-refractivity contribution is 0.199. The minimum atomic E-state index is 0.742. The summed E-state index contributed by atoms with van der Waals surface area (Å²) in [5, 5.41) is 5.01. The van der Waals surface area contributed by atoms with Gasteiger partial charge in [-0.2, -0.15) is 0 Å². The molecule has 106 valence electrons. The third-order valence-electron chi connectivity index (χ3n) is 3.42. The molecule has 1 aromatic rings. The van der Waals surface area contributed by atoms with E-state index in [1.807, 2.05) is 17.8 Å². The lowest BCUT2D eigenvalue weighted by atomic mass is 10.2. The van der Waals surface area contributed by atoms with E-state index < -0.39 is 0 Å². The second-order valence-corrected chi connectivity index (χ2v) is 6.72. The fraction of sp³-hybridized carbons (Fsp3) is 0.600. The van der Waals surface area contributed by atoms with Crippen molar-refractivity contribution in [2.45, 2.75) is 42.4 Å². The van der Waals surface area contributed by atoms with Gasteiger partial charge >= 0.3 is 0 Å². The van der Waals surface area contributed by atoms with Crippen LogP contribution >= 0.6 is 23.4 Å². The van der Waals surface area contributed by atoms with Crippen molar-refractivity contribution >= 4 is 23.4 Å². The van der Waals surface area contributed by atoms with Crippen LogP contribution in [-0.4, -0.2) is 25.5 Å². The van der Waals surface area contributed by atoms with E-state index in [0.29, 0.717) is 0 Å². The molecule has 2 nitrogen and oxygen atoms in total. The average molecular weight is 300 g/mol. The van der Waals surface area contributed by atoms with Gasteiger partial charge in [0.1, 0.15) is 0 Å². The Hall–Kier alpha value is -0.220. The number of ether oxygens (including phenoxy) is 1. The number of thioether (sulfide) groups is 1. The van der Waals surface area contributed by atoms with Crippen LogP contribution in [0.3, 0.4) is 0 Å². The predicted molar refractivity (Wildman–Crippen MR) is 83.1 cm³/mol. The van der Waals surface area contributed by atoms with Crippen LogP contribution in [0.1, 0.15) is 31.2 Å². The highest BCUT2D eigenvalue weighted by Crippen LogP contribution is 2.36. The molecule has 1 aliphatic carbocycles. The molecule has 0 heterocycles. The van der Waals surface area contributed by atoms with Gasteiger partial charge in [0.2, 0.25) is 0 Å². The molecular weight excluding hydrogens is 278 g/mol. The molecule has 0 amide bonds. The van der Waals surface area contributed by atoms with Crippen LogP contribution in [0.5, 0.6) is 0 Å². The molecule has 1 aromatic carbocycles. The van der Waals surface area contributed by atoms with Gasteiger partial charge in [-0.15, -0.1) is 11.8 Å². The second kappa shape index (κ2) is 8.15. The largest absolute Gasteiger partial charge is 0.383 e. The Morgan fingerprint density at radius 1 is 1.37 bits per heavy atom. The van der Waals surface area contributed by atoms with E-state index >= 15 is 0 Å². The SMILES string of the molecule is COCCNCc1cc(Cl)ccc1SC1CCCC1. The summed E-state index contributed by atoms with van der Waals surface area (Å²) in [6, 6.07) is 6.24. The summed E-state index contributed by atoms with van der Waals surface area (Å²) in [6.45, 7) is 2.47. The number of benzene rings is 1. The van der Waals surface area contributed by atoms with Gasteiger partial charge in [-0.1, -0.05) is 24.4 Å². The quantitative estimate of drug-likeness (QED) is 0.766. The molecule has 0 aliphatic heterocycles. The maximum Gasteiger partial charge on any atom is 0.0587 e. The third-order valence-corrected chi connectivity index (χ3v) is 5.11. The molecule has 1 saturated carbocycles. The smallest absolute Gasteiger partial charge is 0.0587 e. The summed E-state index contributed by atoms with van der Waals surface area (Å²) < 4.78 is 5.05. The summed E-state index contributed by atoms with van der Waals surface area (Å²) in [5.74, 6) is 0. The number of methoxy groups -OCH3 is 1. The lowest BCUT2D eigenvalue weighted by Gasteiger charge is -2.14. The van der Waals surface area contributed by atoms with Crippen LogP contribution in [0.2, 0.25) is 5.02 Å². The maximum absolute atomic E-state index is 6.11. The molecule has 1 N–H and O–H groups in total. The summed E-state index contributed by atoms with van der Waals surface area (Å²) in [7, 11) is 1.72. The van der Waals surface area contributed by atoms with E-state index in [2.05, 4.69) is 17.4 Å². The van der Waals surface area contributed by atoms with Gasteiger partial charge in [-0.05, 0) is 36.6 Å². The van der Waals surface area contributed by atoms with Crippen LogP contribution in [0.4, 0.5) is 0 Å². The Morgan fingerprint density at radius 3 is 2.89 bits per heavy atom. The molecule has 0 radical (unpaired) electrons. The maximum atomic E-state index is 6.11. The number of nitrogens with one attached hydrogen (secondary N) is 1. The van der Waals surface area contributed by atoms with Gasteiger partial charge in [0.25, 0.3) is 0 Å². The van der Waals surface area contributed by atoms with E-state index in [1.54, 1.807) is 7.11 Å². The van der Waals surface area contributed by atoms with Crippen molar-refractivity contribution in [2.24, 2.45) is 0 Å². The van der Waals surface area contributed by atoms with Gasteiger partial charge in [0.15, 0.2) is 0 Å². The number of hydrogen-bond donors (Lipinski definition) is 1. The molecule has 0 spiro atoms. The molecule has 0 bridgehead atoms. The number of hydrogen-bond acceptors (Lipinski definition) is 3. The fourth-order valence-electron chi connectivity index (χ4n) is 2.38. The van der Waals surface area contributed by atoms with Crippen LogP contribution in [0, 0.1) is 0 Å². The molecule has 1 fully saturated rings. The minimum absolute atomic E-state index is 0.742. The Morgan fingerprint density at radius 2 is 2.16 bits per heavy atom. The van der Waals surface area contributed by atoms with Crippen molar-refractivity contribution in [3.05, 3.63) is 28.8 Å². The monoisotopic (exact) mass is 299 g/mol. The average Bonchev–Trinajstić information content (AvgIpc) is 2.90. The summed E-state index contributed by atoms with van der Waals surface area (Å²) >= 11 is 8.13. The standard InChI is InChI=1S/C15H22ClNOS/c1-18-9-8-17-11-12-10-13(16)6-7-15(12)19-14-4-2-3-5-14/h6-7,10,14,17H,2-5,8-9,11H2,1H3. The molecule has 0 saturated heterocycles. The molecule has 0 aromatic heterocycles. The fourth-order valence-corrected chi connectivity index (χ4v) is 3.94. The van der Waals surface area contributed by atoms with Crippen molar-refractivity contribution in [3.63, 3.8) is 0 Å². The number of halogens is 1. The predicted octanol–water partition coefficient (Wildman–Crippen LogP) is 4.11. The Labute approximate surface area is 125 Å². The van der Waals surface area contributed by atoms with Crippen LogP contribution in [0.15, 0.2) is 23.1 Å². The van der Waals surface area contributed by atoms with Crippen molar-refractivity contribution in [1.82, 2.24) is 5.32 Å². The Kier molecular flexibility index (Phi) is 6.51. The van der Waals surface area contributed by atoms with Crippen molar-refractivity contribution in [1.29, 1.82) is 0 Å². The first-order valence-corrected chi connectivity index (χ1v) is 8.20. The molecule has 0 atom stereocenters. The zero-order chi connectivity index (χ0) is 13.5. The van der Waals surface area contributed by atoms with Gasteiger partial charge in [0, 0.05) is 35.4 Å². The van der Waals surface area contributed by atoms with E-state index in [-0.39, 0.29) is 0 Å². The van der Waals surface area contributed by atoms with E-state index in [4.69, 9.17) is 16.3 Å². The molecule has 1 aliphatic rings. The van der Waals surface area contributed by atoms with Crippen LogP contribution in [0.25, 0.3) is 0 Å². The normalized spacial score (nSPS) is 16.1. The topological polar surface area (TPSA) is 21.3 Å². The summed E-state index contributed by atoms with van der Waals surface area (Å²) in [6.07, 6.45) is 5.47. The zero-order valence-corrected chi connectivity index (χ0v) is 13.0. The number of rotatable bonds is 7. The molecular formula is C15H22ClNOS. The van der Waals surface area contributed by atoms with Crippen LogP contribution in [-0.2, 0) is 11.3 Å². The van der Waals surface area contributed by atoms with Crippen molar-refractivity contribution < 1.29 is 4.74 Å². The summed E-state index contributed by atoms with van der Waals surface area (Å²) in [5.41, 5.74) is 1.31. The Balaban J connectivity index is 1.95. The lowest BCUT2D eigenvalue weighted by Crippen LogP contribution is -2.19. The first-order chi connectivity index (χ1) is 9.29. The van der Waals surface area contributed by atoms with E-state index in [1.165, 1.54) is 36.1 Å². The zero-order valence-electron chi connectivity index (χ0n) is 11.5. The van der Waals surface area contributed by atoms with Crippen molar-refractivity contribution in [2.75, 3.05) is 20.3 Å². The van der Waals surface area contributed by atoms with Gasteiger partial charge in [-0.25, -0.2) is 0 Å². The molecule has 4 heteroatoms. The van der Waals surface area contributed by atoms with E-state index in [9.17, 15) is 0 Å². The second-order valence-electron chi connectivity index (χ2n) is 4.95.